The van der Waals surface area contributed by atoms with E-state index in [4.69, 9.17) is 11.2 Å². The highest BCUT2D eigenvalue weighted by atomic mass is 16.5. The fraction of sp³-hybridized carbons (Fsp3) is 0.467. The molecule has 1 N–H and O–H groups in total. The average molecular weight is 231 g/mol. The number of nitrogens with one attached hydrogen (secondary N) is 1. The lowest BCUT2D eigenvalue weighted by molar-refractivity contribution is 0.123. The van der Waals surface area contributed by atoms with E-state index in [-0.39, 0.29) is 0 Å². The van der Waals surface area contributed by atoms with Gasteiger partial charge in [-0.1, -0.05) is 50.1 Å². The minimum absolute atomic E-state index is 0.337. The van der Waals surface area contributed by atoms with E-state index in [1.165, 1.54) is 5.56 Å². The Hall–Kier alpha value is -1.30. The number of ether oxygens (including phenoxy) is 1. The highest BCUT2D eigenvalue weighted by molar-refractivity contribution is 5.14. The van der Waals surface area contributed by atoms with Gasteiger partial charge in [-0.2, -0.15) is 0 Å². The first-order chi connectivity index (χ1) is 8.24. The zero-order chi connectivity index (χ0) is 12.5. The second kappa shape index (κ2) is 7.89. The Bertz CT molecular complexity index is 340. The molecule has 0 unspecified atom stereocenters. The van der Waals surface area contributed by atoms with Crippen LogP contribution in [0.5, 0.6) is 0 Å². The molecular formula is C15H21NO. The third-order valence-electron chi connectivity index (χ3n) is 2.70. The van der Waals surface area contributed by atoms with Crippen LogP contribution in [-0.4, -0.2) is 19.3 Å². The normalized spacial score (nSPS) is 12.4. The van der Waals surface area contributed by atoms with Crippen molar-refractivity contribution < 1.29 is 4.74 Å². The highest BCUT2D eigenvalue weighted by Gasteiger charge is 2.12. The van der Waals surface area contributed by atoms with E-state index < -0.39 is 0 Å². The predicted octanol–water partition coefficient (Wildman–Crippen LogP) is 2.45. The van der Waals surface area contributed by atoms with Crippen LogP contribution in [0.2, 0.25) is 0 Å². The number of hydrogen-bond donors (Lipinski definition) is 1. The standard InChI is InChI=1S/C15H21NO/c1-4-10-17-12-15(13(2)3)16-11-14-8-6-5-7-9-14/h1,5-9,13,15-16H,10-12H2,2-3H3/t15-/m0/s1. The minimum Gasteiger partial charge on any atom is -0.367 e. The summed E-state index contributed by atoms with van der Waals surface area (Å²) in [5.41, 5.74) is 1.29. The lowest BCUT2D eigenvalue weighted by Crippen LogP contribution is -2.37. The number of benzene rings is 1. The monoisotopic (exact) mass is 231 g/mol. The third-order valence-corrected chi connectivity index (χ3v) is 2.70. The van der Waals surface area contributed by atoms with Crippen molar-refractivity contribution in [3.63, 3.8) is 0 Å². The number of terminal acetylenes is 1. The second-order valence-electron chi connectivity index (χ2n) is 4.44. The molecular weight excluding hydrogens is 210 g/mol. The summed E-state index contributed by atoms with van der Waals surface area (Å²) in [4.78, 5) is 0. The van der Waals surface area contributed by atoms with Gasteiger partial charge in [0.2, 0.25) is 0 Å². The van der Waals surface area contributed by atoms with E-state index in [0.717, 1.165) is 6.54 Å². The Kier molecular flexibility index (Phi) is 6.39. The molecule has 0 fully saturated rings. The molecule has 0 saturated carbocycles. The van der Waals surface area contributed by atoms with E-state index in [9.17, 15) is 0 Å². The van der Waals surface area contributed by atoms with Crippen LogP contribution in [0.25, 0.3) is 0 Å². The number of rotatable bonds is 7. The van der Waals surface area contributed by atoms with Gasteiger partial charge in [0.05, 0.1) is 6.61 Å². The first-order valence-electron chi connectivity index (χ1n) is 6.02. The van der Waals surface area contributed by atoms with Gasteiger partial charge >= 0.3 is 0 Å². The van der Waals surface area contributed by atoms with Gasteiger partial charge in [0.1, 0.15) is 6.61 Å². The van der Waals surface area contributed by atoms with Crippen LogP contribution in [0.15, 0.2) is 30.3 Å². The summed E-state index contributed by atoms with van der Waals surface area (Å²) in [5.74, 6) is 3.01. The van der Waals surface area contributed by atoms with E-state index >= 15 is 0 Å². The molecule has 2 heteroatoms. The Morgan fingerprint density at radius 1 is 1.29 bits per heavy atom. The Labute approximate surface area is 104 Å². The van der Waals surface area contributed by atoms with E-state index in [1.54, 1.807) is 0 Å². The van der Waals surface area contributed by atoms with Gasteiger partial charge in [0.15, 0.2) is 0 Å². The zero-order valence-corrected chi connectivity index (χ0v) is 10.6. The second-order valence-corrected chi connectivity index (χ2v) is 4.44. The first kappa shape index (κ1) is 13.8. The fourth-order valence-corrected chi connectivity index (χ4v) is 1.58. The van der Waals surface area contributed by atoms with Gasteiger partial charge in [0.25, 0.3) is 0 Å². The summed E-state index contributed by atoms with van der Waals surface area (Å²) in [6, 6.07) is 10.7. The summed E-state index contributed by atoms with van der Waals surface area (Å²) in [7, 11) is 0. The molecule has 0 aliphatic heterocycles. The van der Waals surface area contributed by atoms with Gasteiger partial charge in [0, 0.05) is 12.6 Å². The maximum absolute atomic E-state index is 5.40. The summed E-state index contributed by atoms with van der Waals surface area (Å²) >= 11 is 0. The molecule has 0 aliphatic carbocycles. The summed E-state index contributed by atoms with van der Waals surface area (Å²) in [5, 5.41) is 3.50. The molecule has 1 aromatic carbocycles. The quantitative estimate of drug-likeness (QED) is 0.575. The summed E-state index contributed by atoms with van der Waals surface area (Å²) in [6.45, 7) is 6.28. The van der Waals surface area contributed by atoms with Gasteiger partial charge < -0.3 is 10.1 Å². The van der Waals surface area contributed by atoms with Crippen molar-refractivity contribution in [1.29, 1.82) is 0 Å². The van der Waals surface area contributed by atoms with Crippen molar-refractivity contribution in [3.8, 4) is 12.3 Å². The van der Waals surface area contributed by atoms with Gasteiger partial charge in [-0.25, -0.2) is 0 Å². The lowest BCUT2D eigenvalue weighted by Gasteiger charge is -2.22. The van der Waals surface area contributed by atoms with Crippen LogP contribution >= 0.6 is 0 Å². The maximum Gasteiger partial charge on any atom is 0.107 e. The van der Waals surface area contributed by atoms with Crippen LogP contribution < -0.4 is 5.32 Å². The molecule has 1 aromatic rings. The fourth-order valence-electron chi connectivity index (χ4n) is 1.58. The molecule has 0 aliphatic rings. The number of hydrogen-bond acceptors (Lipinski definition) is 2. The molecule has 0 aromatic heterocycles. The van der Waals surface area contributed by atoms with Crippen LogP contribution in [0, 0.1) is 18.3 Å². The van der Waals surface area contributed by atoms with Crippen LogP contribution in [0.3, 0.4) is 0 Å². The molecule has 0 bridgehead atoms. The third kappa shape index (κ3) is 5.53. The lowest BCUT2D eigenvalue weighted by atomic mass is 10.0. The molecule has 17 heavy (non-hydrogen) atoms. The van der Waals surface area contributed by atoms with E-state index in [1.807, 2.05) is 6.07 Å². The Morgan fingerprint density at radius 3 is 2.59 bits per heavy atom. The Morgan fingerprint density at radius 2 is 2.00 bits per heavy atom. The summed E-state index contributed by atoms with van der Waals surface area (Å²) in [6.07, 6.45) is 5.16. The molecule has 1 rings (SSSR count). The van der Waals surface area contributed by atoms with Gasteiger partial charge in [-0.15, -0.1) is 6.42 Å². The van der Waals surface area contributed by atoms with Gasteiger partial charge in [-0.05, 0) is 11.5 Å². The summed E-state index contributed by atoms with van der Waals surface area (Å²) < 4.78 is 5.40. The molecule has 2 nitrogen and oxygen atoms in total. The maximum atomic E-state index is 5.40. The first-order valence-corrected chi connectivity index (χ1v) is 6.02. The molecule has 0 amide bonds. The van der Waals surface area contributed by atoms with Crippen molar-refractivity contribution in [2.75, 3.05) is 13.2 Å². The van der Waals surface area contributed by atoms with Crippen LogP contribution in [0.4, 0.5) is 0 Å². The van der Waals surface area contributed by atoms with Crippen LogP contribution in [-0.2, 0) is 11.3 Å². The SMILES string of the molecule is C#CCOC[C@H](NCc1ccccc1)C(C)C. The van der Waals surface area contributed by atoms with Crippen molar-refractivity contribution in [2.45, 2.75) is 26.4 Å². The van der Waals surface area contributed by atoms with E-state index in [2.05, 4.69) is 49.4 Å². The molecule has 92 valence electrons. The topological polar surface area (TPSA) is 21.3 Å². The smallest absolute Gasteiger partial charge is 0.107 e. The minimum atomic E-state index is 0.337. The van der Waals surface area contributed by atoms with Crippen molar-refractivity contribution >= 4 is 0 Å². The van der Waals surface area contributed by atoms with Crippen LogP contribution in [0.1, 0.15) is 19.4 Å². The van der Waals surface area contributed by atoms with Crippen molar-refractivity contribution in [2.24, 2.45) is 5.92 Å². The Balaban J connectivity index is 2.37. The zero-order valence-electron chi connectivity index (χ0n) is 10.6. The largest absolute Gasteiger partial charge is 0.367 e. The highest BCUT2D eigenvalue weighted by Crippen LogP contribution is 2.05. The molecule has 0 heterocycles. The predicted molar refractivity (Wildman–Crippen MR) is 71.6 cm³/mol. The van der Waals surface area contributed by atoms with Crippen molar-refractivity contribution in [1.82, 2.24) is 5.32 Å². The average Bonchev–Trinajstić information content (AvgIpc) is 2.34. The van der Waals surface area contributed by atoms with Crippen molar-refractivity contribution in [3.05, 3.63) is 35.9 Å². The molecule has 1 atom stereocenters. The molecule has 0 radical (unpaired) electrons. The van der Waals surface area contributed by atoms with E-state index in [0.29, 0.717) is 25.2 Å². The molecule has 0 saturated heterocycles. The van der Waals surface area contributed by atoms with Gasteiger partial charge in [-0.3, -0.25) is 0 Å². The molecule has 0 spiro atoms.